The third kappa shape index (κ3) is 3.29. The largest absolute Gasteiger partial charge is 0.484 e. The zero-order valence-electron chi connectivity index (χ0n) is 12.9. The van der Waals surface area contributed by atoms with Crippen molar-refractivity contribution in [2.75, 3.05) is 19.8 Å². The van der Waals surface area contributed by atoms with Crippen molar-refractivity contribution in [2.24, 2.45) is 0 Å². The molecular weight excluding hydrogens is 300 g/mol. The van der Waals surface area contributed by atoms with Gasteiger partial charge in [-0.1, -0.05) is 12.5 Å². The van der Waals surface area contributed by atoms with Gasteiger partial charge in [0.25, 0.3) is 11.6 Å². The molecule has 1 aliphatic heterocycles. The summed E-state index contributed by atoms with van der Waals surface area (Å²) >= 11 is 0. The summed E-state index contributed by atoms with van der Waals surface area (Å²) in [7, 11) is 0. The van der Waals surface area contributed by atoms with Crippen molar-refractivity contribution in [3.63, 3.8) is 0 Å². The van der Waals surface area contributed by atoms with Gasteiger partial charge in [-0.2, -0.15) is 0 Å². The Morgan fingerprint density at radius 2 is 2.13 bits per heavy atom. The van der Waals surface area contributed by atoms with E-state index in [1.54, 1.807) is 17.0 Å². The standard InChI is InChI=1S/C16H20N2O5/c19-15(12-22-14-6-4-5-13(11-14)18(20)21)17-9-10-23-16(17)7-2-1-3-8-16/h4-6,11H,1-3,7-10,12H2. The van der Waals surface area contributed by atoms with E-state index in [0.29, 0.717) is 18.9 Å². The molecule has 1 saturated heterocycles. The van der Waals surface area contributed by atoms with Gasteiger partial charge in [-0.25, -0.2) is 0 Å². The van der Waals surface area contributed by atoms with Crippen molar-refractivity contribution in [1.82, 2.24) is 4.90 Å². The Morgan fingerprint density at radius 1 is 1.35 bits per heavy atom. The smallest absolute Gasteiger partial charge is 0.273 e. The summed E-state index contributed by atoms with van der Waals surface area (Å²) in [5.41, 5.74) is -0.510. The molecule has 0 N–H and O–H groups in total. The van der Waals surface area contributed by atoms with Crippen LogP contribution in [0.15, 0.2) is 24.3 Å². The summed E-state index contributed by atoms with van der Waals surface area (Å²) in [5.74, 6) is 0.196. The number of non-ortho nitro benzene ring substituents is 1. The van der Waals surface area contributed by atoms with Crippen LogP contribution >= 0.6 is 0 Å². The Labute approximate surface area is 134 Å². The highest BCUT2D eigenvalue weighted by Crippen LogP contribution is 2.38. The van der Waals surface area contributed by atoms with Gasteiger partial charge in [0.15, 0.2) is 6.61 Å². The monoisotopic (exact) mass is 320 g/mol. The molecule has 0 unspecified atom stereocenters. The fraction of sp³-hybridized carbons (Fsp3) is 0.562. The molecule has 0 bridgehead atoms. The Hall–Kier alpha value is -2.15. The van der Waals surface area contributed by atoms with Gasteiger partial charge in [-0.3, -0.25) is 14.9 Å². The Morgan fingerprint density at radius 3 is 2.87 bits per heavy atom. The van der Waals surface area contributed by atoms with Crippen molar-refractivity contribution >= 4 is 11.6 Å². The number of nitro benzene ring substituents is 1. The van der Waals surface area contributed by atoms with E-state index in [0.717, 1.165) is 25.7 Å². The molecule has 1 amide bonds. The van der Waals surface area contributed by atoms with E-state index in [1.165, 1.54) is 18.6 Å². The summed E-state index contributed by atoms with van der Waals surface area (Å²) in [6.07, 6.45) is 5.05. The quantitative estimate of drug-likeness (QED) is 0.629. The van der Waals surface area contributed by atoms with Crippen LogP contribution in [0.5, 0.6) is 5.75 Å². The molecule has 0 aromatic heterocycles. The second-order valence-corrected chi connectivity index (χ2v) is 5.94. The molecule has 7 heteroatoms. The molecule has 124 valence electrons. The maximum atomic E-state index is 12.5. The minimum Gasteiger partial charge on any atom is -0.484 e. The fourth-order valence-corrected chi connectivity index (χ4v) is 3.39. The molecule has 23 heavy (non-hydrogen) atoms. The summed E-state index contributed by atoms with van der Waals surface area (Å²) in [6.45, 7) is 1.01. The van der Waals surface area contributed by atoms with Gasteiger partial charge in [-0.05, 0) is 31.7 Å². The van der Waals surface area contributed by atoms with Crippen LogP contribution in [0.3, 0.4) is 0 Å². The number of carbonyl (C=O) groups excluding carboxylic acids is 1. The number of nitro groups is 1. The molecule has 0 atom stereocenters. The predicted molar refractivity (Wildman–Crippen MR) is 82.1 cm³/mol. The first kappa shape index (κ1) is 15.7. The van der Waals surface area contributed by atoms with E-state index < -0.39 is 10.6 Å². The van der Waals surface area contributed by atoms with Gasteiger partial charge >= 0.3 is 0 Å². The van der Waals surface area contributed by atoms with E-state index in [9.17, 15) is 14.9 Å². The molecule has 0 radical (unpaired) electrons. The van der Waals surface area contributed by atoms with Crippen LogP contribution in [0.1, 0.15) is 32.1 Å². The third-order valence-electron chi connectivity index (χ3n) is 4.50. The molecule has 3 rings (SSSR count). The van der Waals surface area contributed by atoms with Crippen molar-refractivity contribution in [3.8, 4) is 5.75 Å². The van der Waals surface area contributed by atoms with Crippen LogP contribution in [-0.2, 0) is 9.53 Å². The summed E-state index contributed by atoms with van der Waals surface area (Å²) in [4.78, 5) is 24.6. The van der Waals surface area contributed by atoms with Gasteiger partial charge in [0.1, 0.15) is 11.5 Å². The third-order valence-corrected chi connectivity index (χ3v) is 4.50. The first-order chi connectivity index (χ1) is 11.1. The summed E-state index contributed by atoms with van der Waals surface area (Å²) in [5, 5.41) is 10.8. The average Bonchev–Trinajstić information content (AvgIpc) is 2.96. The van der Waals surface area contributed by atoms with Crippen molar-refractivity contribution in [3.05, 3.63) is 34.4 Å². The van der Waals surface area contributed by atoms with E-state index in [2.05, 4.69) is 0 Å². The zero-order valence-corrected chi connectivity index (χ0v) is 12.9. The number of amides is 1. The topological polar surface area (TPSA) is 81.9 Å². The SMILES string of the molecule is O=C(COc1cccc([N+](=O)[O-])c1)N1CCOC12CCCCC2. The molecule has 1 saturated carbocycles. The lowest BCUT2D eigenvalue weighted by Crippen LogP contribution is -2.50. The molecule has 7 nitrogen and oxygen atoms in total. The number of nitrogens with zero attached hydrogens (tertiary/aromatic N) is 2. The molecule has 1 aliphatic carbocycles. The van der Waals surface area contributed by atoms with Gasteiger partial charge < -0.3 is 14.4 Å². The fourth-order valence-electron chi connectivity index (χ4n) is 3.39. The van der Waals surface area contributed by atoms with Gasteiger partial charge in [-0.15, -0.1) is 0 Å². The van der Waals surface area contributed by atoms with Gasteiger partial charge in [0.05, 0.1) is 17.6 Å². The van der Waals surface area contributed by atoms with Crippen LogP contribution in [-0.4, -0.2) is 41.2 Å². The van der Waals surface area contributed by atoms with E-state index in [1.807, 2.05) is 0 Å². The molecule has 1 aromatic rings. The summed E-state index contributed by atoms with van der Waals surface area (Å²) in [6, 6.07) is 5.86. The molecule has 1 heterocycles. The Bertz CT molecular complexity index is 598. The lowest BCUT2D eigenvalue weighted by molar-refractivity contribution is -0.384. The highest BCUT2D eigenvalue weighted by atomic mass is 16.6. The molecule has 1 aromatic carbocycles. The van der Waals surface area contributed by atoms with Crippen LogP contribution < -0.4 is 4.74 Å². The van der Waals surface area contributed by atoms with Crippen LogP contribution in [0.4, 0.5) is 5.69 Å². The summed E-state index contributed by atoms with van der Waals surface area (Å²) < 4.78 is 11.3. The van der Waals surface area contributed by atoms with Crippen LogP contribution in [0, 0.1) is 10.1 Å². The molecule has 2 aliphatic rings. The van der Waals surface area contributed by atoms with Crippen molar-refractivity contribution in [2.45, 2.75) is 37.8 Å². The van der Waals surface area contributed by atoms with E-state index in [4.69, 9.17) is 9.47 Å². The lowest BCUT2D eigenvalue weighted by atomic mass is 9.90. The van der Waals surface area contributed by atoms with Crippen LogP contribution in [0.2, 0.25) is 0 Å². The predicted octanol–water partition coefficient (Wildman–Crippen LogP) is 2.49. The molecule has 2 fully saturated rings. The first-order valence-electron chi connectivity index (χ1n) is 7.92. The first-order valence-corrected chi connectivity index (χ1v) is 7.92. The number of hydrogen-bond acceptors (Lipinski definition) is 5. The number of carbonyl (C=O) groups is 1. The zero-order chi connectivity index (χ0) is 16.3. The van der Waals surface area contributed by atoms with Crippen LogP contribution in [0.25, 0.3) is 0 Å². The molecular formula is C16H20N2O5. The van der Waals surface area contributed by atoms with E-state index >= 15 is 0 Å². The average molecular weight is 320 g/mol. The number of benzene rings is 1. The van der Waals surface area contributed by atoms with Crippen molar-refractivity contribution < 1.29 is 19.2 Å². The van der Waals surface area contributed by atoms with Gasteiger partial charge in [0, 0.05) is 12.6 Å². The highest BCUT2D eigenvalue weighted by Gasteiger charge is 2.45. The number of hydrogen-bond donors (Lipinski definition) is 0. The highest BCUT2D eigenvalue weighted by molar-refractivity contribution is 5.78. The Kier molecular flexibility index (Phi) is 4.47. The van der Waals surface area contributed by atoms with Gasteiger partial charge in [0.2, 0.25) is 0 Å². The number of rotatable bonds is 4. The second kappa shape index (κ2) is 6.54. The minimum absolute atomic E-state index is 0.0526. The lowest BCUT2D eigenvalue weighted by Gasteiger charge is -2.39. The minimum atomic E-state index is -0.486. The maximum absolute atomic E-state index is 12.5. The normalized spacial score (nSPS) is 19.7. The number of ether oxygens (including phenoxy) is 2. The van der Waals surface area contributed by atoms with E-state index in [-0.39, 0.29) is 18.2 Å². The maximum Gasteiger partial charge on any atom is 0.273 e. The molecule has 1 spiro atoms. The second-order valence-electron chi connectivity index (χ2n) is 5.94. The van der Waals surface area contributed by atoms with Crippen molar-refractivity contribution in [1.29, 1.82) is 0 Å². The Balaban J connectivity index is 1.63.